The zero-order valence-corrected chi connectivity index (χ0v) is 41.8. The number of aromatic nitrogens is 1. The van der Waals surface area contributed by atoms with E-state index in [1.54, 1.807) is 74.9 Å². The zero-order valence-electron chi connectivity index (χ0n) is 40.1. The van der Waals surface area contributed by atoms with Crippen molar-refractivity contribution in [2.75, 3.05) is 64.5 Å². The average Bonchev–Trinajstić information content (AvgIpc) is 4.14. The van der Waals surface area contributed by atoms with Crippen molar-refractivity contribution in [1.82, 2.24) is 14.8 Å². The van der Waals surface area contributed by atoms with Crippen LogP contribution in [0.4, 0.5) is 21.0 Å². The van der Waals surface area contributed by atoms with Crippen LogP contribution in [-0.2, 0) is 32.2 Å². The van der Waals surface area contributed by atoms with Crippen molar-refractivity contribution in [3.63, 3.8) is 0 Å². The molecule has 0 fully saturated rings. The number of rotatable bonds is 16. The van der Waals surface area contributed by atoms with Crippen LogP contribution in [0.5, 0.6) is 23.0 Å². The second kappa shape index (κ2) is 21.9. The molecule has 0 bridgehead atoms. The van der Waals surface area contributed by atoms with Gasteiger partial charge in [0.2, 0.25) is 0 Å². The van der Waals surface area contributed by atoms with Crippen molar-refractivity contribution >= 4 is 69.2 Å². The van der Waals surface area contributed by atoms with Crippen molar-refractivity contribution in [2.24, 2.45) is 0 Å². The van der Waals surface area contributed by atoms with Crippen LogP contribution in [0.1, 0.15) is 56.1 Å². The van der Waals surface area contributed by atoms with Crippen molar-refractivity contribution in [3.8, 4) is 23.0 Å². The number of amides is 4. The van der Waals surface area contributed by atoms with Crippen molar-refractivity contribution in [3.05, 3.63) is 147 Å². The van der Waals surface area contributed by atoms with Crippen LogP contribution in [-0.4, -0.2) is 118 Å². The van der Waals surface area contributed by atoms with E-state index in [2.05, 4.69) is 23.9 Å². The van der Waals surface area contributed by atoms with Gasteiger partial charge >= 0.3 is 12.2 Å². The molecular formula is C53H53N5O12S2. The van der Waals surface area contributed by atoms with Crippen LogP contribution in [0, 0.1) is 0 Å². The lowest BCUT2D eigenvalue weighted by atomic mass is 9.94. The van der Waals surface area contributed by atoms with E-state index in [-0.39, 0.29) is 83.7 Å². The Kier molecular flexibility index (Phi) is 15.1. The zero-order chi connectivity index (χ0) is 50.5. The van der Waals surface area contributed by atoms with Gasteiger partial charge in [-0.15, -0.1) is 0 Å². The normalized spacial score (nSPS) is 19.3. The number of fused-ring (bicyclic) bond motifs is 4. The molecule has 7 heterocycles. The topological polar surface area (TPSA) is 168 Å². The third-order valence-corrected chi connectivity index (χ3v) is 14.3. The first-order valence-electron chi connectivity index (χ1n) is 23.0. The van der Waals surface area contributed by atoms with Crippen molar-refractivity contribution in [1.29, 1.82) is 0 Å². The SMILES string of the molecule is C=CCOC(=O)N1c2cc(OCc3cccc(COc4cc5c(cc4OC)C(=O)N4CC=C(c6ccsc6)C[C@H]4C(OC)N5C(=O)OCC=C)n3)c(OC)cc2C(=O)N2CC=C(c3ccsc3)C[C@H]2C1OC. The Morgan fingerprint density at radius 3 is 1.47 bits per heavy atom. The summed E-state index contributed by atoms with van der Waals surface area (Å²) in [4.78, 5) is 68.0. The smallest absolute Gasteiger partial charge is 0.416 e. The molecule has 9 rings (SSSR count). The highest BCUT2D eigenvalue weighted by atomic mass is 32.1. The summed E-state index contributed by atoms with van der Waals surface area (Å²) < 4.78 is 47.7. The lowest BCUT2D eigenvalue weighted by molar-refractivity contribution is 0.0175. The molecular weight excluding hydrogens is 963 g/mol. The van der Waals surface area contributed by atoms with Crippen LogP contribution in [0.15, 0.2) is 114 Å². The molecule has 2 aromatic carbocycles. The first kappa shape index (κ1) is 49.5. The molecule has 0 N–H and O–H groups in total. The van der Waals surface area contributed by atoms with Gasteiger partial charge in [-0.3, -0.25) is 14.6 Å². The fourth-order valence-electron chi connectivity index (χ4n) is 9.50. The summed E-state index contributed by atoms with van der Waals surface area (Å²) in [5.74, 6) is 0.326. The van der Waals surface area contributed by atoms with E-state index in [1.165, 1.54) is 50.4 Å². The number of carbonyl (C=O) groups is 4. The first-order chi connectivity index (χ1) is 35.1. The number of anilines is 2. The summed E-state index contributed by atoms with van der Waals surface area (Å²) in [5, 5.41) is 8.10. The highest BCUT2D eigenvalue weighted by molar-refractivity contribution is 7.08. The summed E-state index contributed by atoms with van der Waals surface area (Å²) >= 11 is 3.16. The minimum Gasteiger partial charge on any atom is -0.493 e. The number of ether oxygens (including phenoxy) is 8. The number of hydrogen-bond acceptors (Lipinski definition) is 15. The number of hydrogen-bond donors (Lipinski definition) is 0. The van der Waals surface area contributed by atoms with E-state index in [4.69, 9.17) is 42.9 Å². The molecule has 0 saturated carbocycles. The van der Waals surface area contributed by atoms with Gasteiger partial charge in [-0.05, 0) is 93.0 Å². The number of carbonyl (C=O) groups excluding carboxylic acids is 4. The second-order valence-electron chi connectivity index (χ2n) is 16.9. The molecule has 4 atom stereocenters. The number of thiophene rings is 2. The molecule has 374 valence electrons. The van der Waals surface area contributed by atoms with Crippen LogP contribution < -0.4 is 28.7 Å². The second-order valence-corrected chi connectivity index (χ2v) is 18.5. The summed E-state index contributed by atoms with van der Waals surface area (Å²) in [6.45, 7) is 7.73. The van der Waals surface area contributed by atoms with Gasteiger partial charge in [-0.25, -0.2) is 19.4 Å². The van der Waals surface area contributed by atoms with Crippen molar-refractivity contribution in [2.45, 2.75) is 50.6 Å². The number of benzene rings is 2. The number of nitrogens with zero attached hydrogens (tertiary/aromatic N) is 5. The lowest BCUT2D eigenvalue weighted by Gasteiger charge is -2.40. The maximum absolute atomic E-state index is 14.5. The lowest BCUT2D eigenvalue weighted by Crippen LogP contribution is -2.55. The summed E-state index contributed by atoms with van der Waals surface area (Å²) in [5.41, 5.74) is 6.03. The highest BCUT2D eigenvalue weighted by Crippen LogP contribution is 2.45. The van der Waals surface area contributed by atoms with Gasteiger partial charge in [0, 0.05) is 39.4 Å². The number of pyridine rings is 1. The molecule has 0 saturated heterocycles. The predicted molar refractivity (Wildman–Crippen MR) is 272 cm³/mol. The predicted octanol–water partition coefficient (Wildman–Crippen LogP) is 9.21. The van der Waals surface area contributed by atoms with Gasteiger partial charge in [0.15, 0.2) is 35.5 Å². The minimum absolute atomic E-state index is 0.0562. The Balaban J connectivity index is 0.977. The largest absolute Gasteiger partial charge is 0.493 e. The summed E-state index contributed by atoms with van der Waals surface area (Å²) in [7, 11) is 5.93. The van der Waals surface area contributed by atoms with Crippen LogP contribution in [0.3, 0.4) is 0 Å². The Morgan fingerprint density at radius 1 is 0.653 bits per heavy atom. The van der Waals surface area contributed by atoms with E-state index in [9.17, 15) is 19.2 Å². The minimum atomic E-state index is -0.937. The Labute approximate surface area is 424 Å². The molecule has 17 nitrogen and oxygen atoms in total. The van der Waals surface area contributed by atoms with Gasteiger partial charge in [0.25, 0.3) is 11.8 Å². The van der Waals surface area contributed by atoms with E-state index >= 15 is 0 Å². The quantitative estimate of drug-likeness (QED) is 0.0859. The van der Waals surface area contributed by atoms with E-state index < -0.39 is 36.7 Å². The van der Waals surface area contributed by atoms with Gasteiger partial charge in [-0.2, -0.15) is 22.7 Å². The molecule has 4 amide bonds. The Hall–Kier alpha value is -7.45. The van der Waals surface area contributed by atoms with Gasteiger partial charge < -0.3 is 47.7 Å². The van der Waals surface area contributed by atoms with E-state index in [1.807, 2.05) is 35.0 Å². The summed E-state index contributed by atoms with van der Waals surface area (Å²) in [6, 6.07) is 14.6. The Morgan fingerprint density at radius 2 is 1.10 bits per heavy atom. The molecule has 5 aromatic rings. The van der Waals surface area contributed by atoms with Crippen LogP contribution in [0.2, 0.25) is 0 Å². The molecule has 0 spiro atoms. The van der Waals surface area contributed by atoms with Crippen LogP contribution in [0.25, 0.3) is 11.1 Å². The van der Waals surface area contributed by atoms with Crippen LogP contribution >= 0.6 is 22.7 Å². The highest BCUT2D eigenvalue weighted by Gasteiger charge is 2.47. The molecule has 4 aliphatic heterocycles. The standard InChI is InChI=1S/C53H53N5O12S2/c1-7-18-67-52(61)57-40-26-46(44(63-3)24-38(40)48(59)55-16-12-32(34-14-20-71-30-34)22-42(55)50(57)65-5)69-28-36-10-9-11-37(54-36)29-70-47-27-41-39(25-45(47)64-4)49(60)56-17-13-33(35-15-21-72-31-35)23-43(56)51(66-6)58(41)53(62)68-19-8-2/h7-15,20-21,24-27,30-31,42-43,50-51H,1-2,16-19,22-23,28-29H2,3-6H3/t42-,43-,50?,51?/m0/s1. The third-order valence-electron chi connectivity index (χ3n) is 12.9. The number of methoxy groups -OCH3 is 4. The molecule has 3 aromatic heterocycles. The molecule has 72 heavy (non-hydrogen) atoms. The van der Waals surface area contributed by atoms with E-state index in [0.29, 0.717) is 37.3 Å². The Bertz CT molecular complexity index is 2730. The maximum atomic E-state index is 14.5. The van der Waals surface area contributed by atoms with Crippen molar-refractivity contribution < 1.29 is 57.1 Å². The molecule has 4 aliphatic rings. The van der Waals surface area contributed by atoms with E-state index in [0.717, 1.165) is 22.3 Å². The molecule has 0 radical (unpaired) electrons. The van der Waals surface area contributed by atoms with Gasteiger partial charge in [-0.1, -0.05) is 43.5 Å². The van der Waals surface area contributed by atoms with Gasteiger partial charge in [0.05, 0.1) is 60.2 Å². The summed E-state index contributed by atoms with van der Waals surface area (Å²) in [6.07, 6.45) is 4.50. The molecule has 0 aliphatic carbocycles. The third kappa shape index (κ3) is 9.67. The molecule has 19 heteroatoms. The fourth-order valence-corrected chi connectivity index (χ4v) is 10.9. The molecule has 2 unspecified atom stereocenters. The first-order valence-corrected chi connectivity index (χ1v) is 24.9. The maximum Gasteiger partial charge on any atom is 0.416 e. The van der Waals surface area contributed by atoms with Gasteiger partial charge in [0.1, 0.15) is 26.4 Å². The monoisotopic (exact) mass is 1020 g/mol. The average molecular weight is 1020 g/mol. The fraction of sp³-hybridized carbons (Fsp3) is 0.302.